The number of carbonyl (C=O) groups is 2. The average molecular weight is 277 g/mol. The molecule has 0 unspecified atom stereocenters. The van der Waals surface area contributed by atoms with Crippen molar-refractivity contribution in [1.82, 2.24) is 10.3 Å². The van der Waals surface area contributed by atoms with Gasteiger partial charge in [0.25, 0.3) is 0 Å². The number of anilines is 1. The zero-order chi connectivity index (χ0) is 14.5. The maximum atomic E-state index is 13.8. The lowest BCUT2D eigenvalue weighted by atomic mass is 10.1. The van der Waals surface area contributed by atoms with Gasteiger partial charge in [0, 0.05) is 6.20 Å². The number of fused-ring (bicyclic) bond motifs is 1. The number of hydrogen-bond donors (Lipinski definition) is 3. The number of benzene rings is 1. The molecule has 0 fully saturated rings. The molecule has 0 atom stereocenters. The van der Waals surface area contributed by atoms with Crippen molar-refractivity contribution < 1.29 is 19.1 Å². The lowest BCUT2D eigenvalue weighted by molar-refractivity contribution is -0.137. The van der Waals surface area contributed by atoms with Crippen LogP contribution in [0.3, 0.4) is 0 Å². The van der Waals surface area contributed by atoms with E-state index in [1.54, 1.807) is 18.2 Å². The molecule has 1 aromatic heterocycles. The molecule has 2 rings (SSSR count). The Bertz CT molecular complexity index is 655. The Morgan fingerprint density at radius 1 is 1.25 bits per heavy atom. The number of nitrogens with zero attached hydrogens (tertiary/aromatic N) is 1. The van der Waals surface area contributed by atoms with Crippen LogP contribution in [0.2, 0.25) is 0 Å². The van der Waals surface area contributed by atoms with Gasteiger partial charge in [0.15, 0.2) is 0 Å². The van der Waals surface area contributed by atoms with E-state index in [2.05, 4.69) is 15.6 Å². The molecule has 0 spiro atoms. The van der Waals surface area contributed by atoms with Gasteiger partial charge in [-0.1, -0.05) is 12.1 Å². The molecule has 3 N–H and O–H groups in total. The van der Waals surface area contributed by atoms with Gasteiger partial charge in [-0.3, -0.25) is 9.59 Å². The second-order valence-electron chi connectivity index (χ2n) is 4.02. The van der Waals surface area contributed by atoms with Crippen molar-refractivity contribution in [2.75, 3.05) is 18.4 Å². The Labute approximate surface area is 113 Å². The molecular weight excluding hydrogens is 265 g/mol. The van der Waals surface area contributed by atoms with E-state index in [0.29, 0.717) is 10.8 Å². The highest BCUT2D eigenvalue weighted by atomic mass is 19.1. The highest BCUT2D eigenvalue weighted by Gasteiger charge is 2.09. The predicted molar refractivity (Wildman–Crippen MR) is 70.8 cm³/mol. The van der Waals surface area contributed by atoms with Gasteiger partial charge in [0.05, 0.1) is 11.9 Å². The van der Waals surface area contributed by atoms with E-state index in [9.17, 15) is 14.0 Å². The summed E-state index contributed by atoms with van der Waals surface area (Å²) in [5.74, 6) is -1.84. The number of aromatic nitrogens is 1. The van der Waals surface area contributed by atoms with Crippen LogP contribution in [0.15, 0.2) is 30.5 Å². The summed E-state index contributed by atoms with van der Waals surface area (Å²) < 4.78 is 13.8. The first-order valence-electron chi connectivity index (χ1n) is 5.83. The number of rotatable bonds is 5. The van der Waals surface area contributed by atoms with Gasteiger partial charge in [0.1, 0.15) is 18.2 Å². The standard InChI is InChI=1S/C13H12FN3O3/c14-9-3-1-2-8-4-5-15-13(12(8)9)17-6-10(18)16-7-11(19)20/h1-5H,6-7H2,(H,15,17)(H,16,18)(H,19,20). The first kappa shape index (κ1) is 13.7. The summed E-state index contributed by atoms with van der Waals surface area (Å²) in [6.45, 7) is -0.647. The van der Waals surface area contributed by atoms with Crippen LogP contribution in [0.1, 0.15) is 0 Å². The van der Waals surface area contributed by atoms with Crippen LogP contribution in [-0.2, 0) is 9.59 Å². The number of halogens is 1. The van der Waals surface area contributed by atoms with E-state index < -0.39 is 24.2 Å². The van der Waals surface area contributed by atoms with Crippen LogP contribution >= 0.6 is 0 Å². The molecule has 0 bridgehead atoms. The summed E-state index contributed by atoms with van der Waals surface area (Å²) >= 11 is 0. The molecule has 0 aliphatic heterocycles. The van der Waals surface area contributed by atoms with Gasteiger partial charge >= 0.3 is 5.97 Å². The lowest BCUT2D eigenvalue weighted by Crippen LogP contribution is -2.34. The van der Waals surface area contributed by atoms with E-state index in [-0.39, 0.29) is 12.4 Å². The molecule has 0 aliphatic rings. The fraction of sp³-hybridized carbons (Fsp3) is 0.154. The van der Waals surface area contributed by atoms with Crippen LogP contribution in [-0.4, -0.2) is 35.1 Å². The maximum absolute atomic E-state index is 13.8. The van der Waals surface area contributed by atoms with Crippen LogP contribution < -0.4 is 10.6 Å². The summed E-state index contributed by atoms with van der Waals surface area (Å²) in [7, 11) is 0. The predicted octanol–water partition coefficient (Wildman–Crippen LogP) is 0.987. The molecule has 1 amide bonds. The van der Waals surface area contributed by atoms with E-state index >= 15 is 0 Å². The second-order valence-corrected chi connectivity index (χ2v) is 4.02. The minimum Gasteiger partial charge on any atom is -0.480 e. The largest absolute Gasteiger partial charge is 0.480 e. The van der Waals surface area contributed by atoms with E-state index in [1.807, 2.05) is 0 Å². The van der Waals surface area contributed by atoms with Gasteiger partial charge in [0.2, 0.25) is 5.91 Å². The number of hydrogen-bond acceptors (Lipinski definition) is 4. The molecule has 0 radical (unpaired) electrons. The van der Waals surface area contributed by atoms with Gasteiger partial charge in [-0.05, 0) is 17.5 Å². The van der Waals surface area contributed by atoms with Gasteiger partial charge in [-0.2, -0.15) is 0 Å². The first-order valence-corrected chi connectivity index (χ1v) is 5.83. The van der Waals surface area contributed by atoms with Crippen molar-refractivity contribution in [1.29, 1.82) is 0 Å². The quantitative estimate of drug-likeness (QED) is 0.758. The number of aliphatic carboxylic acids is 1. The Hall–Kier alpha value is -2.70. The van der Waals surface area contributed by atoms with Crippen molar-refractivity contribution in [3.05, 3.63) is 36.3 Å². The molecule has 1 heterocycles. The monoisotopic (exact) mass is 277 g/mol. The second kappa shape index (κ2) is 5.96. The Balaban J connectivity index is 2.10. The van der Waals surface area contributed by atoms with Gasteiger partial charge < -0.3 is 15.7 Å². The Kier molecular flexibility index (Phi) is 4.09. The third-order valence-electron chi connectivity index (χ3n) is 2.59. The summed E-state index contributed by atoms with van der Waals surface area (Å²) in [6, 6.07) is 6.28. The molecular formula is C13H12FN3O3. The van der Waals surface area contributed by atoms with Crippen LogP contribution in [0.25, 0.3) is 10.8 Å². The smallest absolute Gasteiger partial charge is 0.322 e. The van der Waals surface area contributed by atoms with E-state index in [0.717, 1.165) is 0 Å². The van der Waals surface area contributed by atoms with Crippen molar-refractivity contribution in [2.24, 2.45) is 0 Å². The topological polar surface area (TPSA) is 91.3 Å². The van der Waals surface area contributed by atoms with Gasteiger partial charge in [-0.25, -0.2) is 9.37 Å². The number of pyridine rings is 1. The zero-order valence-corrected chi connectivity index (χ0v) is 10.4. The van der Waals surface area contributed by atoms with Crippen LogP contribution in [0.4, 0.5) is 10.2 Å². The Morgan fingerprint density at radius 3 is 2.80 bits per heavy atom. The average Bonchev–Trinajstić information content (AvgIpc) is 2.43. The fourth-order valence-corrected chi connectivity index (χ4v) is 1.72. The SMILES string of the molecule is O=C(O)CNC(=O)CNc1nccc2cccc(F)c12. The van der Waals surface area contributed by atoms with Crippen LogP contribution in [0.5, 0.6) is 0 Å². The van der Waals surface area contributed by atoms with Crippen LogP contribution in [0, 0.1) is 5.82 Å². The van der Waals surface area contributed by atoms with E-state index in [4.69, 9.17) is 5.11 Å². The maximum Gasteiger partial charge on any atom is 0.322 e. The van der Waals surface area contributed by atoms with Crippen molar-refractivity contribution >= 4 is 28.5 Å². The summed E-state index contributed by atoms with van der Waals surface area (Å²) in [5, 5.41) is 14.3. The summed E-state index contributed by atoms with van der Waals surface area (Å²) in [4.78, 5) is 25.7. The number of carboxylic acid groups (broad SMARTS) is 1. The molecule has 6 nitrogen and oxygen atoms in total. The minimum atomic E-state index is -1.13. The number of carboxylic acids is 1. The normalized spacial score (nSPS) is 10.2. The molecule has 0 saturated carbocycles. The number of amides is 1. The molecule has 0 saturated heterocycles. The number of carbonyl (C=O) groups excluding carboxylic acids is 1. The third-order valence-corrected chi connectivity index (χ3v) is 2.59. The number of nitrogens with one attached hydrogen (secondary N) is 2. The summed E-state index contributed by atoms with van der Waals surface area (Å²) in [6.07, 6.45) is 1.50. The zero-order valence-electron chi connectivity index (χ0n) is 10.4. The van der Waals surface area contributed by atoms with Crippen molar-refractivity contribution in [2.45, 2.75) is 0 Å². The lowest BCUT2D eigenvalue weighted by Gasteiger charge is -2.09. The molecule has 1 aromatic carbocycles. The van der Waals surface area contributed by atoms with Crippen molar-refractivity contribution in [3.63, 3.8) is 0 Å². The minimum absolute atomic E-state index is 0.187. The van der Waals surface area contributed by atoms with Gasteiger partial charge in [-0.15, -0.1) is 0 Å². The van der Waals surface area contributed by atoms with Crippen molar-refractivity contribution in [3.8, 4) is 0 Å². The third kappa shape index (κ3) is 3.19. The molecule has 20 heavy (non-hydrogen) atoms. The molecule has 0 aliphatic carbocycles. The highest BCUT2D eigenvalue weighted by Crippen LogP contribution is 2.23. The Morgan fingerprint density at radius 2 is 2.05 bits per heavy atom. The molecule has 7 heteroatoms. The fourth-order valence-electron chi connectivity index (χ4n) is 1.72. The first-order chi connectivity index (χ1) is 9.58. The van der Waals surface area contributed by atoms with E-state index in [1.165, 1.54) is 12.3 Å². The molecule has 2 aromatic rings. The summed E-state index contributed by atoms with van der Waals surface area (Å²) in [5.41, 5.74) is 0. The highest BCUT2D eigenvalue weighted by molar-refractivity contribution is 5.93. The molecule has 104 valence electrons.